The molecule has 1 aliphatic heterocycles. The number of nitrogens with one attached hydrogen (secondary N) is 1. The lowest BCUT2D eigenvalue weighted by molar-refractivity contribution is -0.119. The third-order valence-electron chi connectivity index (χ3n) is 3.79. The summed E-state index contributed by atoms with van der Waals surface area (Å²) in [4.78, 5) is 25.3. The number of amides is 2. The topological polar surface area (TPSA) is 49.4 Å². The minimum Gasteiger partial charge on any atom is -0.326 e. The lowest BCUT2D eigenvalue weighted by atomic mass is 10.1. The van der Waals surface area contributed by atoms with Gasteiger partial charge in [0.05, 0.1) is 0 Å². The van der Waals surface area contributed by atoms with Crippen LogP contribution in [0.5, 0.6) is 0 Å². The van der Waals surface area contributed by atoms with E-state index in [1.807, 2.05) is 25.1 Å². The van der Waals surface area contributed by atoms with E-state index in [2.05, 4.69) is 12.2 Å². The van der Waals surface area contributed by atoms with Gasteiger partial charge in [-0.05, 0) is 36.6 Å². The average Bonchev–Trinajstić information content (AvgIpc) is 2.82. The molecule has 0 bridgehead atoms. The summed E-state index contributed by atoms with van der Waals surface area (Å²) >= 11 is 0. The molecule has 4 nitrogen and oxygen atoms in total. The van der Waals surface area contributed by atoms with Crippen LogP contribution < -0.4 is 10.2 Å². The van der Waals surface area contributed by atoms with E-state index >= 15 is 0 Å². The number of benzene rings is 1. The predicted molar refractivity (Wildman–Crippen MR) is 80.9 cm³/mol. The molecule has 2 amide bonds. The van der Waals surface area contributed by atoms with Crippen molar-refractivity contribution in [3.63, 3.8) is 0 Å². The molecule has 0 aliphatic carbocycles. The molecule has 20 heavy (non-hydrogen) atoms. The Morgan fingerprint density at radius 2 is 2.15 bits per heavy atom. The molecule has 1 aromatic rings. The molecule has 0 saturated heterocycles. The molecule has 1 heterocycles. The van der Waals surface area contributed by atoms with E-state index in [1.54, 1.807) is 11.8 Å². The van der Waals surface area contributed by atoms with E-state index < -0.39 is 0 Å². The van der Waals surface area contributed by atoms with Crippen molar-refractivity contribution >= 4 is 23.2 Å². The van der Waals surface area contributed by atoms with Crippen LogP contribution in [0.1, 0.15) is 39.2 Å². The number of anilines is 2. The van der Waals surface area contributed by atoms with E-state index in [-0.39, 0.29) is 17.7 Å². The second kappa shape index (κ2) is 6.07. The summed E-state index contributed by atoms with van der Waals surface area (Å²) in [6.45, 7) is 6.34. The molecular formula is C16H22N2O2. The summed E-state index contributed by atoms with van der Waals surface area (Å²) in [5, 5.41) is 2.96. The maximum absolute atomic E-state index is 12.0. The number of carbonyl (C=O) groups is 2. The second-order valence-corrected chi connectivity index (χ2v) is 5.44. The highest BCUT2D eigenvalue weighted by atomic mass is 16.2. The second-order valence-electron chi connectivity index (χ2n) is 5.44. The SMILES string of the molecule is CCCC(C)C(=O)Nc1ccc2c(c1)CCN2C(C)=O. The largest absolute Gasteiger partial charge is 0.326 e. The maximum Gasteiger partial charge on any atom is 0.227 e. The van der Waals surface area contributed by atoms with Gasteiger partial charge in [0.1, 0.15) is 0 Å². The van der Waals surface area contributed by atoms with Crippen LogP contribution in [0.3, 0.4) is 0 Å². The minimum absolute atomic E-state index is 0.0296. The van der Waals surface area contributed by atoms with Gasteiger partial charge in [0.2, 0.25) is 11.8 Å². The van der Waals surface area contributed by atoms with Crippen molar-refractivity contribution in [2.75, 3.05) is 16.8 Å². The van der Waals surface area contributed by atoms with Gasteiger partial charge in [0, 0.05) is 30.8 Å². The van der Waals surface area contributed by atoms with Crippen molar-refractivity contribution in [1.29, 1.82) is 0 Å². The number of nitrogens with zero attached hydrogens (tertiary/aromatic N) is 1. The van der Waals surface area contributed by atoms with Gasteiger partial charge in [-0.25, -0.2) is 0 Å². The molecule has 1 atom stereocenters. The summed E-state index contributed by atoms with van der Waals surface area (Å²) in [7, 11) is 0. The van der Waals surface area contributed by atoms with Crippen molar-refractivity contribution in [2.24, 2.45) is 5.92 Å². The van der Waals surface area contributed by atoms with Gasteiger partial charge in [-0.2, -0.15) is 0 Å². The lowest BCUT2D eigenvalue weighted by Gasteiger charge is -2.15. The Morgan fingerprint density at radius 3 is 2.80 bits per heavy atom. The fourth-order valence-electron chi connectivity index (χ4n) is 2.64. The standard InChI is InChI=1S/C16H22N2O2/c1-4-5-11(2)16(20)17-14-6-7-15-13(10-14)8-9-18(15)12(3)19/h6-7,10-11H,4-5,8-9H2,1-3H3,(H,17,20). The molecule has 1 N–H and O–H groups in total. The van der Waals surface area contributed by atoms with E-state index in [9.17, 15) is 9.59 Å². The fourth-order valence-corrected chi connectivity index (χ4v) is 2.64. The van der Waals surface area contributed by atoms with Crippen LogP contribution in [0.4, 0.5) is 11.4 Å². The molecule has 0 spiro atoms. The zero-order valence-corrected chi connectivity index (χ0v) is 12.4. The highest BCUT2D eigenvalue weighted by Crippen LogP contribution is 2.30. The Bertz CT molecular complexity index is 525. The first-order valence-corrected chi connectivity index (χ1v) is 7.24. The molecule has 0 aromatic heterocycles. The van der Waals surface area contributed by atoms with Gasteiger partial charge in [-0.15, -0.1) is 0 Å². The molecule has 0 radical (unpaired) electrons. The van der Waals surface area contributed by atoms with Crippen molar-refractivity contribution in [1.82, 2.24) is 0 Å². The first-order valence-electron chi connectivity index (χ1n) is 7.24. The highest BCUT2D eigenvalue weighted by Gasteiger charge is 2.22. The van der Waals surface area contributed by atoms with Crippen molar-refractivity contribution in [3.8, 4) is 0 Å². The highest BCUT2D eigenvalue weighted by molar-refractivity contribution is 5.96. The first-order chi connectivity index (χ1) is 9.52. The van der Waals surface area contributed by atoms with Crippen LogP contribution in [0.15, 0.2) is 18.2 Å². The molecule has 1 aliphatic rings. The number of hydrogen-bond acceptors (Lipinski definition) is 2. The molecule has 0 saturated carbocycles. The smallest absolute Gasteiger partial charge is 0.227 e. The van der Waals surface area contributed by atoms with Crippen LogP contribution in [-0.4, -0.2) is 18.4 Å². The third kappa shape index (κ3) is 3.00. The van der Waals surface area contributed by atoms with Crippen LogP contribution in [0, 0.1) is 5.92 Å². The fraction of sp³-hybridized carbons (Fsp3) is 0.500. The Morgan fingerprint density at radius 1 is 1.40 bits per heavy atom. The zero-order chi connectivity index (χ0) is 14.7. The van der Waals surface area contributed by atoms with Crippen molar-refractivity contribution in [2.45, 2.75) is 40.0 Å². The molecule has 1 aromatic carbocycles. The Hall–Kier alpha value is -1.84. The van der Waals surface area contributed by atoms with Crippen molar-refractivity contribution in [3.05, 3.63) is 23.8 Å². The predicted octanol–water partition coefficient (Wildman–Crippen LogP) is 2.97. The van der Waals surface area contributed by atoms with Gasteiger partial charge in [-0.1, -0.05) is 20.3 Å². The average molecular weight is 274 g/mol. The molecule has 4 heteroatoms. The number of rotatable bonds is 4. The molecule has 1 unspecified atom stereocenters. The lowest BCUT2D eigenvalue weighted by Crippen LogP contribution is -2.25. The molecule has 108 valence electrons. The van der Waals surface area contributed by atoms with Crippen LogP contribution in [-0.2, 0) is 16.0 Å². The number of carbonyl (C=O) groups excluding carboxylic acids is 2. The number of hydrogen-bond donors (Lipinski definition) is 1. The quantitative estimate of drug-likeness (QED) is 0.917. The summed E-state index contributed by atoms with van der Waals surface area (Å²) in [6, 6.07) is 5.77. The van der Waals surface area contributed by atoms with E-state index in [0.717, 1.165) is 42.7 Å². The third-order valence-corrected chi connectivity index (χ3v) is 3.79. The van der Waals surface area contributed by atoms with Crippen molar-refractivity contribution < 1.29 is 9.59 Å². The van der Waals surface area contributed by atoms with Gasteiger partial charge < -0.3 is 10.2 Å². The van der Waals surface area contributed by atoms with Gasteiger partial charge in [0.25, 0.3) is 0 Å². The molecule has 0 fully saturated rings. The van der Waals surface area contributed by atoms with Gasteiger partial charge in [0.15, 0.2) is 0 Å². The Kier molecular flexibility index (Phi) is 4.42. The molecule has 2 rings (SSSR count). The van der Waals surface area contributed by atoms with Crippen LogP contribution >= 0.6 is 0 Å². The summed E-state index contributed by atoms with van der Waals surface area (Å²) in [5.74, 6) is 0.160. The monoisotopic (exact) mass is 274 g/mol. The van der Waals surface area contributed by atoms with E-state index in [1.165, 1.54) is 0 Å². The van der Waals surface area contributed by atoms with E-state index in [4.69, 9.17) is 0 Å². The Labute approximate surface area is 120 Å². The normalized spacial score (nSPS) is 14.8. The minimum atomic E-state index is 0.0296. The maximum atomic E-state index is 12.0. The summed E-state index contributed by atoms with van der Waals surface area (Å²) in [6.07, 6.45) is 2.75. The van der Waals surface area contributed by atoms with Gasteiger partial charge in [-0.3, -0.25) is 9.59 Å². The molecular weight excluding hydrogens is 252 g/mol. The van der Waals surface area contributed by atoms with Gasteiger partial charge >= 0.3 is 0 Å². The summed E-state index contributed by atoms with van der Waals surface area (Å²) in [5.41, 5.74) is 2.92. The first kappa shape index (κ1) is 14.6. The van der Waals surface area contributed by atoms with Crippen LogP contribution in [0.25, 0.3) is 0 Å². The zero-order valence-electron chi connectivity index (χ0n) is 12.4. The number of fused-ring (bicyclic) bond motifs is 1. The van der Waals surface area contributed by atoms with E-state index in [0.29, 0.717) is 0 Å². The Balaban J connectivity index is 2.09. The van der Waals surface area contributed by atoms with Crippen LogP contribution in [0.2, 0.25) is 0 Å². The summed E-state index contributed by atoms with van der Waals surface area (Å²) < 4.78 is 0.